The van der Waals surface area contributed by atoms with Crippen LogP contribution in [0, 0.1) is 5.82 Å². The Labute approximate surface area is 121 Å². The molecule has 0 heterocycles. The molecule has 7 heteroatoms. The van der Waals surface area contributed by atoms with Crippen LogP contribution in [0.25, 0.3) is 0 Å². The zero-order valence-electron chi connectivity index (χ0n) is 11.0. The molecule has 0 saturated carbocycles. The third kappa shape index (κ3) is 6.23. The van der Waals surface area contributed by atoms with Crippen molar-refractivity contribution < 1.29 is 19.4 Å². The fraction of sp³-hybridized carbons (Fsp3) is 0.462. The smallest absolute Gasteiger partial charge is 0.224 e. The van der Waals surface area contributed by atoms with Crippen molar-refractivity contribution in [1.29, 1.82) is 0 Å². The largest absolute Gasteiger partial charge is 0.396 e. The number of nitrogens with one attached hydrogen (secondary N) is 1. The van der Waals surface area contributed by atoms with Gasteiger partial charge in [-0.05, 0) is 30.4 Å². The fourth-order valence-corrected chi connectivity index (χ4v) is 2.34. The molecule has 0 fully saturated rings. The monoisotopic (exact) mass is 302 g/mol. The number of aliphatic hydroxyl groups excluding tert-OH is 2. The minimum Gasteiger partial charge on any atom is -0.396 e. The number of hydrogen-bond donors (Lipinski definition) is 4. The Morgan fingerprint density at radius 2 is 2.25 bits per heavy atom. The van der Waals surface area contributed by atoms with Crippen molar-refractivity contribution in [2.75, 3.05) is 29.2 Å². The van der Waals surface area contributed by atoms with E-state index < -0.39 is 11.9 Å². The summed E-state index contributed by atoms with van der Waals surface area (Å²) in [6, 6.07) is 4.03. The Hall–Kier alpha value is -1.31. The van der Waals surface area contributed by atoms with Gasteiger partial charge in [-0.1, -0.05) is 0 Å². The summed E-state index contributed by atoms with van der Waals surface area (Å²) in [6.45, 7) is -0.251. The Kier molecular flexibility index (Phi) is 7.35. The third-order valence-corrected chi connectivity index (χ3v) is 3.69. The molecule has 1 amide bonds. The van der Waals surface area contributed by atoms with Crippen molar-refractivity contribution in [3.63, 3.8) is 0 Å². The van der Waals surface area contributed by atoms with Gasteiger partial charge in [-0.25, -0.2) is 4.39 Å². The number of carbonyl (C=O) groups excluding carboxylic acids is 1. The number of thioether (sulfide) groups is 1. The standard InChI is InChI=1S/C13H19FN2O3S/c14-11-4-3-9(6-12(11)15)16-13(19)2-1-5-20-8-10(18)7-17/h3-4,6,10,17-18H,1-2,5,7-8,15H2,(H,16,19). The van der Waals surface area contributed by atoms with E-state index in [9.17, 15) is 9.18 Å². The van der Waals surface area contributed by atoms with Crippen LogP contribution in [-0.4, -0.2) is 40.3 Å². The topological polar surface area (TPSA) is 95.6 Å². The van der Waals surface area contributed by atoms with Crippen molar-refractivity contribution in [2.45, 2.75) is 18.9 Å². The highest BCUT2D eigenvalue weighted by molar-refractivity contribution is 7.99. The molecule has 0 aliphatic rings. The maximum Gasteiger partial charge on any atom is 0.224 e. The lowest BCUT2D eigenvalue weighted by Gasteiger charge is -2.07. The van der Waals surface area contributed by atoms with Crippen molar-refractivity contribution in [1.82, 2.24) is 0 Å². The summed E-state index contributed by atoms with van der Waals surface area (Å²) in [5, 5.41) is 20.4. The molecule has 1 atom stereocenters. The van der Waals surface area contributed by atoms with Gasteiger partial charge >= 0.3 is 0 Å². The first-order valence-electron chi connectivity index (χ1n) is 6.24. The number of hydrogen-bond acceptors (Lipinski definition) is 5. The third-order valence-electron chi connectivity index (χ3n) is 2.49. The van der Waals surface area contributed by atoms with Crippen LogP contribution in [0.1, 0.15) is 12.8 Å². The average molecular weight is 302 g/mol. The number of benzene rings is 1. The normalized spacial score (nSPS) is 12.2. The number of aliphatic hydroxyl groups is 2. The second-order valence-corrected chi connectivity index (χ2v) is 5.45. The quantitative estimate of drug-likeness (QED) is 0.428. The maximum atomic E-state index is 12.9. The number of anilines is 2. The molecular weight excluding hydrogens is 283 g/mol. The molecule has 5 nitrogen and oxygen atoms in total. The molecule has 0 aliphatic heterocycles. The molecule has 5 N–H and O–H groups in total. The molecule has 0 aliphatic carbocycles. The van der Waals surface area contributed by atoms with E-state index in [-0.39, 0.29) is 18.2 Å². The highest BCUT2D eigenvalue weighted by Gasteiger charge is 2.06. The van der Waals surface area contributed by atoms with E-state index in [0.717, 1.165) is 5.75 Å². The molecule has 0 bridgehead atoms. The SMILES string of the molecule is Nc1cc(NC(=O)CCCSCC(O)CO)ccc1F. The van der Waals surface area contributed by atoms with Crippen molar-refractivity contribution in [3.05, 3.63) is 24.0 Å². The lowest BCUT2D eigenvalue weighted by Crippen LogP contribution is -2.15. The van der Waals surface area contributed by atoms with Crippen molar-refractivity contribution in [2.24, 2.45) is 0 Å². The highest BCUT2D eigenvalue weighted by Crippen LogP contribution is 2.16. The van der Waals surface area contributed by atoms with Gasteiger partial charge in [-0.15, -0.1) is 0 Å². The number of halogens is 1. The van der Waals surface area contributed by atoms with E-state index in [1.54, 1.807) is 0 Å². The van der Waals surface area contributed by atoms with Gasteiger partial charge in [-0.3, -0.25) is 4.79 Å². The summed E-state index contributed by atoms with van der Waals surface area (Å²) in [4.78, 5) is 11.6. The first kappa shape index (κ1) is 16.7. The predicted octanol–water partition coefficient (Wildman–Crippen LogP) is 1.21. The first-order chi connectivity index (χ1) is 9.52. The van der Waals surface area contributed by atoms with Crippen molar-refractivity contribution >= 4 is 29.0 Å². The lowest BCUT2D eigenvalue weighted by atomic mass is 10.2. The van der Waals surface area contributed by atoms with Crippen LogP contribution >= 0.6 is 11.8 Å². The number of carbonyl (C=O) groups is 1. The summed E-state index contributed by atoms with van der Waals surface area (Å²) in [6.07, 6.45) is 0.279. The van der Waals surface area contributed by atoms with E-state index >= 15 is 0 Å². The van der Waals surface area contributed by atoms with Crippen LogP contribution in [-0.2, 0) is 4.79 Å². The zero-order chi connectivity index (χ0) is 15.0. The number of nitrogens with two attached hydrogens (primary N) is 1. The maximum absolute atomic E-state index is 12.9. The molecule has 0 saturated heterocycles. The van der Waals surface area contributed by atoms with Gasteiger partial charge in [-0.2, -0.15) is 11.8 Å². The molecule has 1 aromatic rings. The van der Waals surface area contributed by atoms with Gasteiger partial charge in [0.15, 0.2) is 0 Å². The Morgan fingerprint density at radius 1 is 1.50 bits per heavy atom. The van der Waals surface area contributed by atoms with Crippen LogP contribution in [0.15, 0.2) is 18.2 Å². The van der Waals surface area contributed by atoms with Gasteiger partial charge in [0, 0.05) is 17.9 Å². The van der Waals surface area contributed by atoms with Crippen LogP contribution in [0.3, 0.4) is 0 Å². The van der Waals surface area contributed by atoms with E-state index in [0.29, 0.717) is 24.3 Å². The van der Waals surface area contributed by atoms with Crippen molar-refractivity contribution in [3.8, 4) is 0 Å². The Morgan fingerprint density at radius 3 is 2.90 bits per heavy atom. The molecule has 112 valence electrons. The zero-order valence-corrected chi connectivity index (χ0v) is 11.8. The average Bonchev–Trinajstić information content (AvgIpc) is 2.42. The molecule has 1 aromatic carbocycles. The molecule has 1 unspecified atom stereocenters. The van der Waals surface area contributed by atoms with Crippen LogP contribution < -0.4 is 11.1 Å². The summed E-state index contributed by atoms with van der Waals surface area (Å²) >= 11 is 1.48. The van der Waals surface area contributed by atoms with E-state index in [1.807, 2.05) is 0 Å². The molecular formula is C13H19FN2O3S. The number of amides is 1. The summed E-state index contributed by atoms with van der Waals surface area (Å²) in [5.41, 5.74) is 5.87. The fourth-order valence-electron chi connectivity index (χ4n) is 1.45. The molecule has 0 spiro atoms. The van der Waals surface area contributed by atoms with Gasteiger partial charge in [0.1, 0.15) is 5.82 Å². The lowest BCUT2D eigenvalue weighted by molar-refractivity contribution is -0.116. The second kappa shape index (κ2) is 8.78. The van der Waals surface area contributed by atoms with E-state index in [2.05, 4.69) is 5.32 Å². The molecule has 0 radical (unpaired) electrons. The van der Waals surface area contributed by atoms with Crippen LogP contribution in [0.4, 0.5) is 15.8 Å². The van der Waals surface area contributed by atoms with Gasteiger partial charge < -0.3 is 21.3 Å². The minimum atomic E-state index is -0.712. The van der Waals surface area contributed by atoms with Crippen LogP contribution in [0.2, 0.25) is 0 Å². The number of nitrogen functional groups attached to an aromatic ring is 1. The first-order valence-corrected chi connectivity index (χ1v) is 7.40. The van der Waals surface area contributed by atoms with Gasteiger partial charge in [0.2, 0.25) is 5.91 Å². The molecule has 1 rings (SSSR count). The summed E-state index contributed by atoms with van der Waals surface area (Å²) in [7, 11) is 0. The Bertz CT molecular complexity index is 446. The van der Waals surface area contributed by atoms with Crippen LogP contribution in [0.5, 0.6) is 0 Å². The Balaban J connectivity index is 2.21. The highest BCUT2D eigenvalue weighted by atomic mass is 32.2. The molecule has 20 heavy (non-hydrogen) atoms. The van der Waals surface area contributed by atoms with Gasteiger partial charge in [0.05, 0.1) is 18.4 Å². The van der Waals surface area contributed by atoms with E-state index in [1.165, 1.54) is 30.0 Å². The summed E-state index contributed by atoms with van der Waals surface area (Å²) < 4.78 is 12.9. The molecule has 0 aromatic heterocycles. The summed E-state index contributed by atoms with van der Waals surface area (Å²) in [5.74, 6) is 0.490. The van der Waals surface area contributed by atoms with E-state index in [4.69, 9.17) is 15.9 Å². The number of rotatable bonds is 8. The van der Waals surface area contributed by atoms with Gasteiger partial charge in [0.25, 0.3) is 0 Å². The predicted molar refractivity (Wildman–Crippen MR) is 79.1 cm³/mol. The second-order valence-electron chi connectivity index (χ2n) is 4.30. The minimum absolute atomic E-state index is 0.00338.